The number of carbonyl (C=O) groups is 1. The fraction of sp³-hybridized carbons (Fsp3) is 0.538. The number of amides is 2. The molecule has 0 unspecified atom stereocenters. The Morgan fingerprint density at radius 3 is 2.61 bits per heavy atom. The number of nitrogens with two attached hydrogens (primary N) is 1. The van der Waals surface area contributed by atoms with Crippen LogP contribution < -0.4 is 16.6 Å². The number of primary amides is 1. The van der Waals surface area contributed by atoms with Crippen molar-refractivity contribution >= 4 is 11.7 Å². The zero-order valence-electron chi connectivity index (χ0n) is 11.0. The first-order valence-corrected chi connectivity index (χ1v) is 6.24. The summed E-state index contributed by atoms with van der Waals surface area (Å²) in [4.78, 5) is 23.5. The molecule has 0 saturated carbocycles. The fourth-order valence-electron chi connectivity index (χ4n) is 2.74. The average Bonchev–Trinajstić information content (AvgIpc) is 2.73. The Labute approximate surface area is 106 Å². The van der Waals surface area contributed by atoms with Crippen LogP contribution in [0.3, 0.4) is 0 Å². The van der Waals surface area contributed by atoms with Gasteiger partial charge in [-0.05, 0) is 30.7 Å². The molecule has 1 aliphatic carbocycles. The molecule has 0 saturated heterocycles. The number of urea groups is 1. The Balaban J connectivity index is 2.75. The third-order valence-corrected chi connectivity index (χ3v) is 3.53. The number of pyridine rings is 1. The highest BCUT2D eigenvalue weighted by atomic mass is 16.2. The molecular weight excluding hydrogens is 230 g/mol. The lowest BCUT2D eigenvalue weighted by Gasteiger charge is -2.19. The van der Waals surface area contributed by atoms with Crippen LogP contribution in [0.1, 0.15) is 43.0 Å². The maximum atomic E-state index is 12.3. The fourth-order valence-corrected chi connectivity index (χ4v) is 2.74. The second-order valence-corrected chi connectivity index (χ2v) is 5.08. The molecule has 1 heterocycles. The summed E-state index contributed by atoms with van der Waals surface area (Å²) in [6.07, 6.45) is 2.78. The predicted molar refractivity (Wildman–Crippen MR) is 71.0 cm³/mol. The number of carbonyl (C=O) groups excluding carboxylic acids is 1. The standard InChI is InChI=1S/C13H19N3O2/c1-7(2)10-11(15-13(14)18)8-5-4-6-9(8)16(3)12(10)17/h7H,4-6H2,1-3H3,(H3,14,15,18). The molecule has 0 fully saturated rings. The van der Waals surface area contributed by atoms with Crippen LogP contribution in [-0.2, 0) is 19.9 Å². The highest BCUT2D eigenvalue weighted by molar-refractivity contribution is 5.90. The number of hydrogen-bond donors (Lipinski definition) is 2. The first kappa shape index (κ1) is 12.7. The van der Waals surface area contributed by atoms with Crippen LogP contribution in [0, 0.1) is 0 Å². The molecule has 0 aliphatic heterocycles. The molecule has 98 valence electrons. The number of rotatable bonds is 2. The third kappa shape index (κ3) is 1.89. The van der Waals surface area contributed by atoms with E-state index < -0.39 is 6.03 Å². The number of anilines is 1. The van der Waals surface area contributed by atoms with Gasteiger partial charge in [-0.1, -0.05) is 13.8 Å². The van der Waals surface area contributed by atoms with E-state index in [-0.39, 0.29) is 11.5 Å². The van der Waals surface area contributed by atoms with Gasteiger partial charge in [-0.25, -0.2) is 4.79 Å². The lowest BCUT2D eigenvalue weighted by atomic mass is 9.98. The second kappa shape index (κ2) is 4.48. The maximum Gasteiger partial charge on any atom is 0.316 e. The van der Waals surface area contributed by atoms with Gasteiger partial charge >= 0.3 is 6.03 Å². The van der Waals surface area contributed by atoms with E-state index in [4.69, 9.17) is 5.73 Å². The van der Waals surface area contributed by atoms with Gasteiger partial charge in [0.1, 0.15) is 0 Å². The SMILES string of the molecule is CC(C)c1c(NC(N)=O)c2c(n(C)c1=O)CCC2. The molecule has 5 nitrogen and oxygen atoms in total. The normalized spacial score (nSPS) is 13.8. The van der Waals surface area contributed by atoms with Gasteiger partial charge in [-0.15, -0.1) is 0 Å². The van der Waals surface area contributed by atoms with Gasteiger partial charge in [0.25, 0.3) is 5.56 Å². The van der Waals surface area contributed by atoms with Crippen LogP contribution in [0.2, 0.25) is 0 Å². The van der Waals surface area contributed by atoms with Crippen molar-refractivity contribution in [3.63, 3.8) is 0 Å². The van der Waals surface area contributed by atoms with Crippen LogP contribution in [-0.4, -0.2) is 10.6 Å². The molecule has 0 radical (unpaired) electrons. The van der Waals surface area contributed by atoms with Crippen molar-refractivity contribution in [2.75, 3.05) is 5.32 Å². The smallest absolute Gasteiger partial charge is 0.316 e. The number of hydrogen-bond acceptors (Lipinski definition) is 2. The van der Waals surface area contributed by atoms with Gasteiger partial charge in [0.05, 0.1) is 5.69 Å². The maximum absolute atomic E-state index is 12.3. The molecule has 3 N–H and O–H groups in total. The number of nitrogens with zero attached hydrogens (tertiary/aromatic N) is 1. The molecule has 0 bridgehead atoms. The Bertz CT molecular complexity index is 558. The summed E-state index contributed by atoms with van der Waals surface area (Å²) in [6.45, 7) is 3.90. The summed E-state index contributed by atoms with van der Waals surface area (Å²) < 4.78 is 1.71. The first-order valence-electron chi connectivity index (χ1n) is 6.24. The third-order valence-electron chi connectivity index (χ3n) is 3.53. The summed E-state index contributed by atoms with van der Waals surface area (Å²) in [5.41, 5.74) is 8.57. The second-order valence-electron chi connectivity index (χ2n) is 5.08. The van der Waals surface area contributed by atoms with E-state index in [0.29, 0.717) is 11.3 Å². The number of fused-ring (bicyclic) bond motifs is 1. The number of nitrogens with one attached hydrogen (secondary N) is 1. The molecule has 1 aromatic rings. The lowest BCUT2D eigenvalue weighted by molar-refractivity contribution is 0.259. The zero-order chi connectivity index (χ0) is 13.4. The van der Waals surface area contributed by atoms with Crippen molar-refractivity contribution < 1.29 is 4.79 Å². The molecule has 0 aromatic carbocycles. The van der Waals surface area contributed by atoms with Crippen molar-refractivity contribution in [1.82, 2.24) is 4.57 Å². The van der Waals surface area contributed by atoms with Crippen molar-refractivity contribution in [1.29, 1.82) is 0 Å². The topological polar surface area (TPSA) is 77.1 Å². The molecule has 1 aliphatic rings. The minimum Gasteiger partial charge on any atom is -0.351 e. The van der Waals surface area contributed by atoms with E-state index in [9.17, 15) is 9.59 Å². The predicted octanol–water partition coefficient (Wildman–Crippen LogP) is 1.49. The van der Waals surface area contributed by atoms with Crippen molar-refractivity contribution in [3.8, 4) is 0 Å². The lowest BCUT2D eigenvalue weighted by Crippen LogP contribution is -2.30. The average molecular weight is 249 g/mol. The molecule has 0 spiro atoms. The van der Waals surface area contributed by atoms with Crippen LogP contribution in [0.5, 0.6) is 0 Å². The summed E-state index contributed by atoms with van der Waals surface area (Å²) in [7, 11) is 1.80. The van der Waals surface area contributed by atoms with E-state index in [1.165, 1.54) is 0 Å². The van der Waals surface area contributed by atoms with Gasteiger partial charge in [-0.3, -0.25) is 4.79 Å². The molecule has 0 atom stereocenters. The van der Waals surface area contributed by atoms with Gasteiger partial charge in [0.2, 0.25) is 0 Å². The van der Waals surface area contributed by atoms with Gasteiger partial charge < -0.3 is 15.6 Å². The monoisotopic (exact) mass is 249 g/mol. The summed E-state index contributed by atoms with van der Waals surface area (Å²) in [6, 6.07) is -0.612. The highest BCUT2D eigenvalue weighted by Crippen LogP contribution is 2.32. The van der Waals surface area contributed by atoms with Gasteiger partial charge in [0.15, 0.2) is 0 Å². The quantitative estimate of drug-likeness (QED) is 0.833. The van der Waals surface area contributed by atoms with Crippen LogP contribution >= 0.6 is 0 Å². The van der Waals surface area contributed by atoms with Gasteiger partial charge in [0, 0.05) is 18.3 Å². The van der Waals surface area contributed by atoms with Crippen molar-refractivity contribution in [3.05, 3.63) is 27.2 Å². The van der Waals surface area contributed by atoms with Gasteiger partial charge in [-0.2, -0.15) is 0 Å². The number of aromatic nitrogens is 1. The van der Waals surface area contributed by atoms with Crippen LogP contribution in [0.25, 0.3) is 0 Å². The Morgan fingerprint density at radius 2 is 2.06 bits per heavy atom. The molecular formula is C13H19N3O2. The van der Waals surface area contributed by atoms with Crippen LogP contribution in [0.4, 0.5) is 10.5 Å². The van der Waals surface area contributed by atoms with E-state index in [2.05, 4.69) is 5.32 Å². The first-order chi connectivity index (χ1) is 8.43. The Hall–Kier alpha value is -1.78. The summed E-state index contributed by atoms with van der Waals surface area (Å²) >= 11 is 0. The van der Waals surface area contributed by atoms with E-state index in [1.54, 1.807) is 11.6 Å². The van der Waals surface area contributed by atoms with Crippen molar-refractivity contribution in [2.45, 2.75) is 39.0 Å². The molecule has 1 aromatic heterocycles. The van der Waals surface area contributed by atoms with E-state index in [0.717, 1.165) is 30.5 Å². The molecule has 5 heteroatoms. The summed E-state index contributed by atoms with van der Waals surface area (Å²) in [5.74, 6) is 0.0523. The van der Waals surface area contributed by atoms with E-state index >= 15 is 0 Å². The highest BCUT2D eigenvalue weighted by Gasteiger charge is 2.25. The minimum atomic E-state index is -0.612. The Morgan fingerprint density at radius 1 is 1.39 bits per heavy atom. The van der Waals surface area contributed by atoms with E-state index in [1.807, 2.05) is 13.8 Å². The molecule has 2 rings (SSSR count). The van der Waals surface area contributed by atoms with Crippen molar-refractivity contribution in [2.24, 2.45) is 12.8 Å². The largest absolute Gasteiger partial charge is 0.351 e. The minimum absolute atomic E-state index is 0.0330. The molecule has 18 heavy (non-hydrogen) atoms. The Kier molecular flexibility index (Phi) is 3.15. The molecule has 2 amide bonds. The zero-order valence-corrected chi connectivity index (χ0v) is 11.0. The summed E-state index contributed by atoms with van der Waals surface area (Å²) in [5, 5.41) is 2.65. The van der Waals surface area contributed by atoms with Crippen LogP contribution in [0.15, 0.2) is 4.79 Å².